The third-order valence-electron chi connectivity index (χ3n) is 3.42. The van der Waals surface area contributed by atoms with E-state index in [9.17, 15) is 4.79 Å². The van der Waals surface area contributed by atoms with Crippen molar-refractivity contribution in [3.63, 3.8) is 0 Å². The van der Waals surface area contributed by atoms with Crippen molar-refractivity contribution in [2.45, 2.75) is 12.8 Å². The Morgan fingerprint density at radius 3 is 3.05 bits per heavy atom. The van der Waals surface area contributed by atoms with Gasteiger partial charge in [-0.3, -0.25) is 9.78 Å². The first kappa shape index (κ1) is 12.9. The summed E-state index contributed by atoms with van der Waals surface area (Å²) in [6.45, 7) is 1.06. The minimum absolute atomic E-state index is 0.0737. The van der Waals surface area contributed by atoms with Gasteiger partial charge in [0.05, 0.1) is 16.9 Å². The number of nitrogens with two attached hydrogens (primary N) is 1. The molecule has 102 valence electrons. The predicted octanol–water partition coefficient (Wildman–Crippen LogP) is 2.36. The minimum Gasteiger partial charge on any atom is -0.396 e. The zero-order chi connectivity index (χ0) is 14.1. The highest BCUT2D eigenvalue weighted by atomic mass is 32.1. The van der Waals surface area contributed by atoms with Crippen molar-refractivity contribution in [1.82, 2.24) is 9.88 Å². The molecular weight excluding hydrogens is 270 g/mol. The van der Waals surface area contributed by atoms with Crippen LogP contribution in [0.15, 0.2) is 18.3 Å². The largest absolute Gasteiger partial charge is 0.396 e. The van der Waals surface area contributed by atoms with Crippen molar-refractivity contribution in [1.29, 1.82) is 0 Å². The maximum Gasteiger partial charge on any atom is 0.266 e. The van der Waals surface area contributed by atoms with Crippen molar-refractivity contribution >= 4 is 33.1 Å². The van der Waals surface area contributed by atoms with Crippen molar-refractivity contribution in [2.75, 3.05) is 18.8 Å². The van der Waals surface area contributed by atoms with Gasteiger partial charge in [0.15, 0.2) is 0 Å². The molecule has 1 aliphatic rings. The molecule has 0 atom stereocenters. The van der Waals surface area contributed by atoms with Crippen LogP contribution >= 0.6 is 11.3 Å². The van der Waals surface area contributed by atoms with Crippen LogP contribution < -0.4 is 5.73 Å². The fourth-order valence-corrected chi connectivity index (χ4v) is 3.24. The number of pyridine rings is 1. The van der Waals surface area contributed by atoms with Crippen LogP contribution in [0.2, 0.25) is 0 Å². The summed E-state index contributed by atoms with van der Waals surface area (Å²) in [6.07, 6.45) is 9.41. The van der Waals surface area contributed by atoms with Crippen LogP contribution in [0.1, 0.15) is 22.5 Å². The summed E-state index contributed by atoms with van der Waals surface area (Å²) in [5.41, 5.74) is 7.24. The number of fused-ring (bicyclic) bond motifs is 1. The van der Waals surface area contributed by atoms with Crippen LogP contribution in [0.5, 0.6) is 0 Å². The number of anilines is 1. The molecule has 0 bridgehead atoms. The highest BCUT2D eigenvalue weighted by Gasteiger charge is 2.29. The molecule has 1 saturated carbocycles. The maximum absolute atomic E-state index is 12.6. The molecule has 4 nitrogen and oxygen atoms in total. The lowest BCUT2D eigenvalue weighted by Gasteiger charge is -2.19. The van der Waals surface area contributed by atoms with Crippen LogP contribution in [0.25, 0.3) is 10.2 Å². The molecule has 0 spiro atoms. The fraction of sp³-hybridized carbons (Fsp3) is 0.333. The number of amides is 1. The monoisotopic (exact) mass is 285 g/mol. The lowest BCUT2D eigenvalue weighted by atomic mass is 10.2. The number of nitrogens with zero attached hydrogens (tertiary/aromatic N) is 2. The average Bonchev–Trinajstić information content (AvgIpc) is 3.21. The van der Waals surface area contributed by atoms with Crippen molar-refractivity contribution in [3.8, 4) is 12.3 Å². The van der Waals surface area contributed by atoms with Gasteiger partial charge in [-0.1, -0.05) is 5.92 Å². The van der Waals surface area contributed by atoms with Crippen LogP contribution in [0.3, 0.4) is 0 Å². The number of aromatic nitrogens is 1. The van der Waals surface area contributed by atoms with Crippen molar-refractivity contribution in [3.05, 3.63) is 23.2 Å². The van der Waals surface area contributed by atoms with Crippen LogP contribution in [0, 0.1) is 18.3 Å². The number of carbonyl (C=O) groups is 1. The summed E-state index contributed by atoms with van der Waals surface area (Å²) in [7, 11) is 0. The first-order chi connectivity index (χ1) is 9.70. The van der Waals surface area contributed by atoms with Crippen molar-refractivity contribution in [2.24, 2.45) is 5.92 Å². The summed E-state index contributed by atoms with van der Waals surface area (Å²) < 4.78 is 0.931. The minimum atomic E-state index is -0.0737. The first-order valence-corrected chi connectivity index (χ1v) is 7.38. The first-order valence-electron chi connectivity index (χ1n) is 6.56. The second-order valence-electron chi connectivity index (χ2n) is 5.03. The lowest BCUT2D eigenvalue weighted by molar-refractivity contribution is 0.0775. The number of terminal acetylenes is 1. The Morgan fingerprint density at radius 2 is 2.40 bits per heavy atom. The Kier molecular flexibility index (Phi) is 3.33. The maximum atomic E-state index is 12.6. The summed E-state index contributed by atoms with van der Waals surface area (Å²) in [5.74, 6) is 3.08. The zero-order valence-corrected chi connectivity index (χ0v) is 11.8. The molecule has 1 fully saturated rings. The van der Waals surface area contributed by atoms with E-state index >= 15 is 0 Å². The second-order valence-corrected chi connectivity index (χ2v) is 6.08. The molecule has 0 saturated heterocycles. The molecule has 20 heavy (non-hydrogen) atoms. The fourth-order valence-electron chi connectivity index (χ4n) is 2.19. The number of thiophene rings is 1. The van der Waals surface area contributed by atoms with Gasteiger partial charge in [-0.25, -0.2) is 0 Å². The van der Waals surface area contributed by atoms with Gasteiger partial charge in [0.2, 0.25) is 0 Å². The normalized spacial score (nSPS) is 14.2. The SMILES string of the molecule is C#CCN(CC1CC1)C(=O)c1sc2cccnc2c1N. The molecule has 2 aromatic rings. The molecule has 0 unspecified atom stereocenters. The molecule has 1 amide bonds. The van der Waals surface area contributed by atoms with E-state index in [1.807, 2.05) is 12.1 Å². The van der Waals surface area contributed by atoms with Crippen molar-refractivity contribution < 1.29 is 4.79 Å². The Bertz CT molecular complexity index is 697. The zero-order valence-electron chi connectivity index (χ0n) is 11.0. The number of carbonyl (C=O) groups excluding carboxylic acids is 1. The van der Waals surface area contributed by atoms with Crippen LogP contribution in [0.4, 0.5) is 5.69 Å². The number of hydrogen-bond acceptors (Lipinski definition) is 4. The molecule has 5 heteroatoms. The van der Waals surface area contributed by atoms with E-state index in [-0.39, 0.29) is 5.91 Å². The molecule has 0 aromatic carbocycles. The summed E-state index contributed by atoms with van der Waals surface area (Å²) in [5, 5.41) is 0. The Labute approximate surface area is 121 Å². The van der Waals surface area contributed by atoms with Crippen LogP contribution in [-0.4, -0.2) is 28.9 Å². The molecule has 0 radical (unpaired) electrons. The molecule has 2 heterocycles. The van der Waals surface area contributed by atoms with Gasteiger partial charge in [0.25, 0.3) is 5.91 Å². The standard InChI is InChI=1S/C15H15N3OS/c1-2-8-18(9-10-5-6-10)15(19)14-12(16)13-11(20-14)4-3-7-17-13/h1,3-4,7,10H,5-6,8-9,16H2. The quantitative estimate of drug-likeness (QED) is 0.877. The molecule has 1 aliphatic carbocycles. The molecule has 2 aromatic heterocycles. The average molecular weight is 285 g/mol. The summed E-state index contributed by atoms with van der Waals surface area (Å²) >= 11 is 1.39. The molecular formula is C15H15N3OS. The highest BCUT2D eigenvalue weighted by molar-refractivity contribution is 7.21. The van der Waals surface area contributed by atoms with E-state index in [2.05, 4.69) is 10.9 Å². The Morgan fingerprint density at radius 1 is 1.60 bits per heavy atom. The number of rotatable bonds is 4. The van der Waals surface area contributed by atoms with E-state index in [1.165, 1.54) is 24.2 Å². The Hall–Kier alpha value is -2.06. The molecule has 3 rings (SSSR count). The van der Waals surface area contributed by atoms with Gasteiger partial charge in [-0.2, -0.15) is 0 Å². The smallest absolute Gasteiger partial charge is 0.266 e. The van der Waals surface area contributed by atoms with Gasteiger partial charge < -0.3 is 10.6 Å². The third kappa shape index (κ3) is 2.35. The van der Waals surface area contributed by atoms with Gasteiger partial charge in [-0.05, 0) is 30.9 Å². The van der Waals surface area contributed by atoms with E-state index in [0.717, 1.165) is 11.2 Å². The molecule has 2 N–H and O–H groups in total. The Balaban J connectivity index is 1.93. The van der Waals surface area contributed by atoms with E-state index in [0.29, 0.717) is 28.5 Å². The van der Waals surface area contributed by atoms with Gasteiger partial charge in [-0.15, -0.1) is 17.8 Å². The highest BCUT2D eigenvalue weighted by Crippen LogP contribution is 2.34. The third-order valence-corrected chi connectivity index (χ3v) is 4.57. The number of nitrogen functional groups attached to an aromatic ring is 1. The van der Waals surface area contributed by atoms with Gasteiger partial charge >= 0.3 is 0 Å². The summed E-state index contributed by atoms with van der Waals surface area (Å²) in [4.78, 5) is 19.1. The lowest BCUT2D eigenvalue weighted by Crippen LogP contribution is -2.33. The summed E-state index contributed by atoms with van der Waals surface area (Å²) in [6, 6.07) is 3.77. The number of hydrogen-bond donors (Lipinski definition) is 1. The van der Waals surface area contributed by atoms with Gasteiger partial charge in [0.1, 0.15) is 10.4 Å². The van der Waals surface area contributed by atoms with E-state index in [1.54, 1.807) is 11.1 Å². The predicted molar refractivity (Wildman–Crippen MR) is 81.5 cm³/mol. The topological polar surface area (TPSA) is 59.2 Å². The van der Waals surface area contributed by atoms with Crippen LogP contribution in [-0.2, 0) is 0 Å². The van der Waals surface area contributed by atoms with Gasteiger partial charge in [0, 0.05) is 12.7 Å². The molecule has 0 aliphatic heterocycles. The second kappa shape index (κ2) is 5.14. The van der Waals surface area contributed by atoms with E-state index in [4.69, 9.17) is 12.2 Å². The van der Waals surface area contributed by atoms with E-state index < -0.39 is 0 Å².